The molecule has 0 amide bonds. The van der Waals surface area contributed by atoms with E-state index in [9.17, 15) is 0 Å². The van der Waals surface area contributed by atoms with Crippen molar-refractivity contribution in [1.82, 2.24) is 0 Å². The molecule has 0 heterocycles. The fraction of sp³-hybridized carbons (Fsp3) is 0.455. The highest BCUT2D eigenvalue weighted by Crippen LogP contribution is 2.13. The van der Waals surface area contributed by atoms with Crippen molar-refractivity contribution in [2.24, 2.45) is 0 Å². The van der Waals surface area contributed by atoms with Gasteiger partial charge in [-0.2, -0.15) is 0 Å². The van der Waals surface area contributed by atoms with Gasteiger partial charge in [0.05, 0.1) is 12.2 Å². The molecule has 1 rings (SSSR count). The van der Waals surface area contributed by atoms with Gasteiger partial charge in [-0.1, -0.05) is 12.1 Å². The minimum absolute atomic E-state index is 0.0927. The molecule has 0 atom stereocenters. The minimum atomic E-state index is -0.0927. The van der Waals surface area contributed by atoms with Crippen molar-refractivity contribution in [3.05, 3.63) is 29.8 Å². The highest BCUT2D eigenvalue weighted by molar-refractivity contribution is 5.40. The van der Waals surface area contributed by atoms with E-state index in [2.05, 4.69) is 0 Å². The number of nitrogens with two attached hydrogens (primary N) is 1. The van der Waals surface area contributed by atoms with E-state index in [4.69, 9.17) is 10.5 Å². The molecule has 13 heavy (non-hydrogen) atoms. The topological polar surface area (TPSA) is 35.2 Å². The molecule has 0 spiro atoms. The second kappa shape index (κ2) is 3.79. The normalized spacial score (nSPS) is 11.6. The van der Waals surface area contributed by atoms with E-state index < -0.39 is 0 Å². The van der Waals surface area contributed by atoms with Crippen LogP contribution in [0.4, 0.5) is 5.69 Å². The largest absolute Gasteiger partial charge is 0.399 e. The smallest absolute Gasteiger partial charge is 0.0724 e. The summed E-state index contributed by atoms with van der Waals surface area (Å²) in [5.41, 5.74) is 7.46. The summed E-state index contributed by atoms with van der Waals surface area (Å²) in [6.07, 6.45) is 0. The summed E-state index contributed by atoms with van der Waals surface area (Å²) in [5, 5.41) is 0. The van der Waals surface area contributed by atoms with E-state index in [1.807, 2.05) is 45.0 Å². The number of hydrogen-bond acceptors (Lipinski definition) is 2. The Balaban J connectivity index is 2.55. The van der Waals surface area contributed by atoms with Crippen LogP contribution in [0, 0.1) is 0 Å². The molecule has 0 aliphatic carbocycles. The van der Waals surface area contributed by atoms with Crippen molar-refractivity contribution >= 4 is 5.69 Å². The van der Waals surface area contributed by atoms with E-state index >= 15 is 0 Å². The third-order valence-corrected chi connectivity index (χ3v) is 1.62. The molecule has 1 aromatic carbocycles. The molecule has 72 valence electrons. The minimum Gasteiger partial charge on any atom is -0.399 e. The zero-order valence-electron chi connectivity index (χ0n) is 8.50. The van der Waals surface area contributed by atoms with Crippen LogP contribution in [0.25, 0.3) is 0 Å². The van der Waals surface area contributed by atoms with Gasteiger partial charge in [0.2, 0.25) is 0 Å². The summed E-state index contributed by atoms with van der Waals surface area (Å²) in [6, 6.07) is 7.77. The molecule has 0 bridgehead atoms. The van der Waals surface area contributed by atoms with Crippen LogP contribution in [0.15, 0.2) is 24.3 Å². The van der Waals surface area contributed by atoms with Crippen molar-refractivity contribution in [1.29, 1.82) is 0 Å². The van der Waals surface area contributed by atoms with Crippen molar-refractivity contribution in [2.75, 3.05) is 5.73 Å². The van der Waals surface area contributed by atoms with Gasteiger partial charge in [0, 0.05) is 5.69 Å². The van der Waals surface area contributed by atoms with Gasteiger partial charge in [0.15, 0.2) is 0 Å². The molecule has 2 N–H and O–H groups in total. The van der Waals surface area contributed by atoms with E-state index in [1.54, 1.807) is 0 Å². The van der Waals surface area contributed by atoms with Gasteiger partial charge >= 0.3 is 0 Å². The number of anilines is 1. The van der Waals surface area contributed by atoms with E-state index in [-0.39, 0.29) is 5.60 Å². The molecule has 2 nitrogen and oxygen atoms in total. The summed E-state index contributed by atoms with van der Waals surface area (Å²) >= 11 is 0. The first-order chi connectivity index (χ1) is 5.97. The van der Waals surface area contributed by atoms with Gasteiger partial charge in [0.1, 0.15) is 0 Å². The van der Waals surface area contributed by atoms with Crippen molar-refractivity contribution in [2.45, 2.75) is 33.0 Å². The van der Waals surface area contributed by atoms with Gasteiger partial charge in [0.25, 0.3) is 0 Å². The Kier molecular flexibility index (Phi) is 2.94. The molecular weight excluding hydrogens is 162 g/mol. The first-order valence-corrected chi connectivity index (χ1v) is 4.46. The molecule has 0 saturated heterocycles. The molecular formula is C11H17NO. The van der Waals surface area contributed by atoms with Crippen LogP contribution in [-0.4, -0.2) is 5.60 Å². The Bertz CT molecular complexity index is 276. The second-order valence-electron chi connectivity index (χ2n) is 4.15. The Labute approximate surface area is 79.7 Å². The SMILES string of the molecule is CC(C)(C)OCc1cccc(N)c1. The molecule has 0 aliphatic heterocycles. The maximum Gasteiger partial charge on any atom is 0.0724 e. The summed E-state index contributed by atoms with van der Waals surface area (Å²) in [4.78, 5) is 0. The zero-order chi connectivity index (χ0) is 9.90. The van der Waals surface area contributed by atoms with Crippen LogP contribution >= 0.6 is 0 Å². The van der Waals surface area contributed by atoms with Crippen LogP contribution in [0.5, 0.6) is 0 Å². The van der Waals surface area contributed by atoms with Crippen molar-refractivity contribution < 1.29 is 4.74 Å². The fourth-order valence-electron chi connectivity index (χ4n) is 0.983. The Morgan fingerprint density at radius 3 is 2.54 bits per heavy atom. The monoisotopic (exact) mass is 179 g/mol. The average molecular weight is 179 g/mol. The van der Waals surface area contributed by atoms with Gasteiger partial charge in [-0.3, -0.25) is 0 Å². The summed E-state index contributed by atoms with van der Waals surface area (Å²) in [7, 11) is 0. The van der Waals surface area contributed by atoms with Crippen LogP contribution < -0.4 is 5.73 Å². The van der Waals surface area contributed by atoms with Gasteiger partial charge in [-0.05, 0) is 38.5 Å². The molecule has 0 fully saturated rings. The first kappa shape index (κ1) is 10.1. The first-order valence-electron chi connectivity index (χ1n) is 4.46. The summed E-state index contributed by atoms with van der Waals surface area (Å²) in [6.45, 7) is 6.74. The van der Waals surface area contributed by atoms with Gasteiger partial charge in [-0.15, -0.1) is 0 Å². The van der Waals surface area contributed by atoms with Crippen molar-refractivity contribution in [3.63, 3.8) is 0 Å². The van der Waals surface area contributed by atoms with Crippen LogP contribution in [-0.2, 0) is 11.3 Å². The molecule has 0 unspecified atom stereocenters. The van der Waals surface area contributed by atoms with E-state index in [1.165, 1.54) is 0 Å². The lowest BCUT2D eigenvalue weighted by Gasteiger charge is -2.19. The molecule has 0 saturated carbocycles. The number of ether oxygens (including phenoxy) is 1. The van der Waals surface area contributed by atoms with Crippen LogP contribution in [0.2, 0.25) is 0 Å². The molecule has 0 aliphatic rings. The number of nitrogen functional groups attached to an aromatic ring is 1. The van der Waals surface area contributed by atoms with Gasteiger partial charge in [-0.25, -0.2) is 0 Å². The maximum atomic E-state index is 5.64. The van der Waals surface area contributed by atoms with Crippen molar-refractivity contribution in [3.8, 4) is 0 Å². The van der Waals surface area contributed by atoms with E-state index in [0.29, 0.717) is 6.61 Å². The highest BCUT2D eigenvalue weighted by atomic mass is 16.5. The molecule has 2 heteroatoms. The summed E-state index contributed by atoms with van der Waals surface area (Å²) < 4.78 is 5.61. The fourth-order valence-corrected chi connectivity index (χ4v) is 0.983. The Morgan fingerprint density at radius 1 is 1.31 bits per heavy atom. The summed E-state index contributed by atoms with van der Waals surface area (Å²) in [5.74, 6) is 0. The predicted molar refractivity (Wildman–Crippen MR) is 55.4 cm³/mol. The number of hydrogen-bond donors (Lipinski definition) is 1. The van der Waals surface area contributed by atoms with Crippen LogP contribution in [0.1, 0.15) is 26.3 Å². The molecule has 1 aromatic rings. The van der Waals surface area contributed by atoms with E-state index in [0.717, 1.165) is 11.3 Å². The third-order valence-electron chi connectivity index (χ3n) is 1.62. The van der Waals surface area contributed by atoms with Crippen LogP contribution in [0.3, 0.4) is 0 Å². The third kappa shape index (κ3) is 3.95. The predicted octanol–water partition coefficient (Wildman–Crippen LogP) is 2.58. The standard InChI is InChI=1S/C11H17NO/c1-11(2,3)13-8-9-5-4-6-10(12)7-9/h4-7H,8,12H2,1-3H3. The highest BCUT2D eigenvalue weighted by Gasteiger charge is 2.09. The quantitative estimate of drug-likeness (QED) is 0.708. The zero-order valence-corrected chi connectivity index (χ0v) is 8.50. The molecule has 0 radical (unpaired) electrons. The lowest BCUT2D eigenvalue weighted by molar-refractivity contribution is -0.0149. The maximum absolute atomic E-state index is 5.64. The van der Waals surface area contributed by atoms with Gasteiger partial charge < -0.3 is 10.5 Å². The Hall–Kier alpha value is -1.02. The molecule has 0 aromatic heterocycles. The second-order valence-corrected chi connectivity index (χ2v) is 4.15. The lowest BCUT2D eigenvalue weighted by Crippen LogP contribution is -2.18. The number of benzene rings is 1. The Morgan fingerprint density at radius 2 is 2.00 bits per heavy atom. The average Bonchev–Trinajstić information content (AvgIpc) is 2.00. The number of rotatable bonds is 2. The lowest BCUT2D eigenvalue weighted by atomic mass is 10.1.